The van der Waals surface area contributed by atoms with Gasteiger partial charge in [-0.3, -0.25) is 4.90 Å². The van der Waals surface area contributed by atoms with Crippen LogP contribution in [0.3, 0.4) is 0 Å². The van der Waals surface area contributed by atoms with Crippen LogP contribution in [0.25, 0.3) is 11.3 Å². The Balaban J connectivity index is 1.94. The second kappa shape index (κ2) is 6.97. The van der Waals surface area contributed by atoms with Crippen LogP contribution in [-0.2, 0) is 12.8 Å². The second-order valence-corrected chi connectivity index (χ2v) is 6.21. The second-order valence-electron chi connectivity index (χ2n) is 6.21. The van der Waals surface area contributed by atoms with Crippen LogP contribution < -0.4 is 0 Å². The van der Waals surface area contributed by atoms with Crippen LogP contribution in [0.1, 0.15) is 23.1 Å². The highest BCUT2D eigenvalue weighted by atomic mass is 16.5. The first kappa shape index (κ1) is 15.8. The molecule has 0 saturated carbocycles. The molecule has 0 radical (unpaired) electrons. The van der Waals surface area contributed by atoms with Crippen molar-refractivity contribution >= 4 is 0 Å². The average molecular weight is 308 g/mol. The van der Waals surface area contributed by atoms with E-state index >= 15 is 0 Å². The highest BCUT2D eigenvalue weighted by molar-refractivity contribution is 5.67. The summed E-state index contributed by atoms with van der Waals surface area (Å²) in [5, 5.41) is 3.95. The van der Waals surface area contributed by atoms with Gasteiger partial charge in [-0.1, -0.05) is 35.5 Å². The van der Waals surface area contributed by atoms with Crippen LogP contribution in [0, 0.1) is 6.92 Å². The van der Waals surface area contributed by atoms with E-state index in [1.165, 1.54) is 23.1 Å². The summed E-state index contributed by atoms with van der Waals surface area (Å²) in [6.07, 6.45) is 9.06. The van der Waals surface area contributed by atoms with Gasteiger partial charge in [0.1, 0.15) is 0 Å². The quantitative estimate of drug-likeness (QED) is 0.750. The molecule has 0 saturated heterocycles. The van der Waals surface area contributed by atoms with E-state index in [0.29, 0.717) is 6.04 Å². The number of hydrogen-bond acceptors (Lipinski definition) is 3. The first-order valence-electron chi connectivity index (χ1n) is 8.22. The fraction of sp³-hybridized carbons (Fsp3) is 0.350. The fourth-order valence-corrected chi connectivity index (χ4v) is 3.55. The number of nitrogens with zero attached hydrogens (tertiary/aromatic N) is 2. The molecular weight excluding hydrogens is 284 g/mol. The van der Waals surface area contributed by atoms with Gasteiger partial charge in [0.05, 0.1) is 6.20 Å². The lowest BCUT2D eigenvalue weighted by Gasteiger charge is -2.34. The predicted octanol–water partition coefficient (Wildman–Crippen LogP) is 4.18. The Hall–Kier alpha value is -2.13. The lowest BCUT2D eigenvalue weighted by atomic mass is 9.83. The Kier molecular flexibility index (Phi) is 4.77. The van der Waals surface area contributed by atoms with Crippen molar-refractivity contribution in [2.75, 3.05) is 13.1 Å². The normalized spacial score (nSPS) is 17.0. The predicted molar refractivity (Wildman–Crippen MR) is 94.5 cm³/mol. The van der Waals surface area contributed by atoms with Crippen LogP contribution in [0.15, 0.2) is 54.2 Å². The van der Waals surface area contributed by atoms with Gasteiger partial charge in [0.15, 0.2) is 5.76 Å². The van der Waals surface area contributed by atoms with E-state index in [9.17, 15) is 0 Å². The van der Waals surface area contributed by atoms with Crippen molar-refractivity contribution in [3.63, 3.8) is 0 Å². The van der Waals surface area contributed by atoms with Crippen LogP contribution in [0.5, 0.6) is 0 Å². The molecule has 0 amide bonds. The van der Waals surface area contributed by atoms with E-state index in [2.05, 4.69) is 41.4 Å². The molecule has 1 aromatic carbocycles. The number of aryl methyl sites for hydroxylation is 2. The summed E-state index contributed by atoms with van der Waals surface area (Å²) in [5.74, 6) is 0.904. The van der Waals surface area contributed by atoms with Gasteiger partial charge in [-0.15, -0.1) is 13.2 Å². The molecule has 0 N–H and O–H groups in total. The minimum absolute atomic E-state index is 0.517. The third kappa shape index (κ3) is 3.15. The van der Waals surface area contributed by atoms with Crippen molar-refractivity contribution in [3.05, 3.63) is 66.4 Å². The Bertz CT molecular complexity index is 691. The molecule has 0 aliphatic heterocycles. The highest BCUT2D eigenvalue weighted by Gasteiger charge is 2.26. The summed E-state index contributed by atoms with van der Waals surface area (Å²) in [6.45, 7) is 11.6. The number of benzene rings is 1. The number of fused-ring (bicyclic) bond motifs is 1. The molecule has 1 aliphatic carbocycles. The topological polar surface area (TPSA) is 29.3 Å². The van der Waals surface area contributed by atoms with Crippen molar-refractivity contribution in [1.82, 2.24) is 10.1 Å². The standard InChI is InChI=1S/C20H24N2O/c1-4-11-22(12-5-2)17-10-9-16-7-6-8-18(19(16)13-17)20-15(3)14-21-23-20/h4-8,14,17H,1-2,9-13H2,3H3. The summed E-state index contributed by atoms with van der Waals surface area (Å²) in [4.78, 5) is 2.45. The van der Waals surface area contributed by atoms with Crippen molar-refractivity contribution < 1.29 is 4.52 Å². The maximum atomic E-state index is 5.51. The van der Waals surface area contributed by atoms with E-state index in [4.69, 9.17) is 4.52 Å². The molecule has 0 bridgehead atoms. The Morgan fingerprint density at radius 3 is 2.74 bits per heavy atom. The van der Waals surface area contributed by atoms with Gasteiger partial charge in [-0.2, -0.15) is 0 Å². The van der Waals surface area contributed by atoms with Crippen molar-refractivity contribution in [1.29, 1.82) is 0 Å². The third-order valence-electron chi connectivity index (χ3n) is 4.70. The zero-order valence-corrected chi connectivity index (χ0v) is 13.8. The van der Waals surface area contributed by atoms with Gasteiger partial charge in [0, 0.05) is 30.3 Å². The Morgan fingerprint density at radius 1 is 1.30 bits per heavy atom. The molecule has 3 heteroatoms. The highest BCUT2D eigenvalue weighted by Crippen LogP contribution is 2.34. The maximum Gasteiger partial charge on any atom is 0.170 e. The fourth-order valence-electron chi connectivity index (χ4n) is 3.55. The lowest BCUT2D eigenvalue weighted by molar-refractivity contribution is 0.220. The first-order valence-corrected chi connectivity index (χ1v) is 8.22. The van der Waals surface area contributed by atoms with Gasteiger partial charge >= 0.3 is 0 Å². The molecule has 3 nitrogen and oxygen atoms in total. The molecule has 1 heterocycles. The number of rotatable bonds is 6. The van der Waals surface area contributed by atoms with E-state index < -0.39 is 0 Å². The molecule has 0 fully saturated rings. The minimum atomic E-state index is 0.517. The zero-order chi connectivity index (χ0) is 16.2. The Labute approximate surface area is 138 Å². The van der Waals surface area contributed by atoms with Gasteiger partial charge in [-0.25, -0.2) is 0 Å². The molecule has 3 rings (SSSR count). The van der Waals surface area contributed by atoms with E-state index in [1.54, 1.807) is 6.20 Å². The molecule has 1 aromatic heterocycles. The van der Waals surface area contributed by atoms with Gasteiger partial charge < -0.3 is 4.52 Å². The van der Waals surface area contributed by atoms with E-state index in [0.717, 1.165) is 37.3 Å². The van der Waals surface area contributed by atoms with Gasteiger partial charge in [-0.05, 0) is 37.3 Å². The minimum Gasteiger partial charge on any atom is -0.356 e. The summed E-state index contributed by atoms with van der Waals surface area (Å²) in [6, 6.07) is 7.04. The van der Waals surface area contributed by atoms with Gasteiger partial charge in [0.2, 0.25) is 0 Å². The van der Waals surface area contributed by atoms with Crippen molar-refractivity contribution in [3.8, 4) is 11.3 Å². The zero-order valence-electron chi connectivity index (χ0n) is 13.8. The molecule has 1 atom stereocenters. The summed E-state index contributed by atoms with van der Waals surface area (Å²) in [7, 11) is 0. The summed E-state index contributed by atoms with van der Waals surface area (Å²) < 4.78 is 5.51. The SMILES string of the molecule is C=CCN(CC=C)C1CCc2cccc(-c3oncc3C)c2C1. The largest absolute Gasteiger partial charge is 0.356 e. The average Bonchev–Trinajstić information content (AvgIpc) is 2.99. The van der Waals surface area contributed by atoms with Crippen LogP contribution in [0.2, 0.25) is 0 Å². The Morgan fingerprint density at radius 2 is 2.09 bits per heavy atom. The summed E-state index contributed by atoms with van der Waals surface area (Å²) >= 11 is 0. The van der Waals surface area contributed by atoms with Crippen LogP contribution in [-0.4, -0.2) is 29.2 Å². The first-order chi connectivity index (χ1) is 11.2. The van der Waals surface area contributed by atoms with Crippen LogP contribution >= 0.6 is 0 Å². The molecule has 1 unspecified atom stereocenters. The van der Waals surface area contributed by atoms with Crippen molar-refractivity contribution in [2.45, 2.75) is 32.2 Å². The molecule has 2 aromatic rings. The lowest BCUT2D eigenvalue weighted by Crippen LogP contribution is -2.39. The molecule has 1 aliphatic rings. The number of aromatic nitrogens is 1. The summed E-state index contributed by atoms with van der Waals surface area (Å²) in [5.41, 5.74) is 5.13. The van der Waals surface area contributed by atoms with E-state index in [1.807, 2.05) is 19.1 Å². The molecule has 23 heavy (non-hydrogen) atoms. The maximum absolute atomic E-state index is 5.51. The van der Waals surface area contributed by atoms with Gasteiger partial charge in [0.25, 0.3) is 0 Å². The smallest absolute Gasteiger partial charge is 0.170 e. The van der Waals surface area contributed by atoms with E-state index in [-0.39, 0.29) is 0 Å². The molecule has 0 spiro atoms. The van der Waals surface area contributed by atoms with Crippen molar-refractivity contribution in [2.24, 2.45) is 0 Å². The monoisotopic (exact) mass is 308 g/mol. The molecule has 120 valence electrons. The third-order valence-corrected chi connectivity index (χ3v) is 4.70. The van der Waals surface area contributed by atoms with Crippen LogP contribution in [0.4, 0.5) is 0 Å². The molecular formula is C20H24N2O. The number of hydrogen-bond donors (Lipinski definition) is 0.